The third-order valence-electron chi connectivity index (χ3n) is 10.1. The van der Waals surface area contributed by atoms with Gasteiger partial charge in [-0.3, -0.25) is 4.79 Å². The Bertz CT molecular complexity index is 1080. The molecule has 3 N–H and O–H groups in total. The molecule has 3 aliphatic heterocycles. The van der Waals surface area contributed by atoms with E-state index < -0.39 is 36.0 Å². The second-order valence-electron chi connectivity index (χ2n) is 14.4. The number of piperidine rings is 1. The van der Waals surface area contributed by atoms with Crippen molar-refractivity contribution in [2.45, 2.75) is 135 Å². The molecule has 10 heteroatoms. The highest BCUT2D eigenvalue weighted by molar-refractivity contribution is 5.70. The Morgan fingerprint density at radius 3 is 2.54 bits per heavy atom. The Hall–Kier alpha value is -2.24. The largest absolute Gasteiger partial charge is 0.457 e. The summed E-state index contributed by atoms with van der Waals surface area (Å²) >= 11 is 0. The number of rotatable bonds is 10. The van der Waals surface area contributed by atoms with Gasteiger partial charge in [0.05, 0.1) is 36.4 Å². The van der Waals surface area contributed by atoms with Crippen LogP contribution in [0, 0.1) is 17.8 Å². The molecule has 262 valence electrons. The van der Waals surface area contributed by atoms with Gasteiger partial charge in [0.15, 0.2) is 0 Å². The number of hydrogen-bond donors (Lipinski definition) is 3. The van der Waals surface area contributed by atoms with E-state index in [4.69, 9.17) is 14.2 Å². The first-order chi connectivity index (χ1) is 21.6. The number of aliphatic hydroxyl groups excluding tert-OH is 2. The highest BCUT2D eigenvalue weighted by atomic mass is 16.6. The number of amides is 1. The smallest absolute Gasteiger partial charge is 0.410 e. The molecule has 10 nitrogen and oxygen atoms in total. The van der Waals surface area contributed by atoms with Crippen molar-refractivity contribution in [3.63, 3.8) is 0 Å². The molecule has 0 aromatic carbocycles. The lowest BCUT2D eigenvalue weighted by Gasteiger charge is -2.35. The van der Waals surface area contributed by atoms with Crippen LogP contribution in [0.4, 0.5) is 4.79 Å². The summed E-state index contributed by atoms with van der Waals surface area (Å²) in [5.74, 6) is -0.783. The van der Waals surface area contributed by atoms with Crippen LogP contribution < -0.4 is 0 Å². The SMILES string of the molecule is CCC(O)C(C)C1OC1CC(C)(O)/C=C/C=C(\C)C1OC(=O)CC(O)CCC(C)C(OC(=O)N(C)C2CCN(C)CC2)/C=C/C1C. The molecule has 2 fully saturated rings. The molecule has 0 aromatic heterocycles. The van der Waals surface area contributed by atoms with Crippen LogP contribution in [0.25, 0.3) is 0 Å². The van der Waals surface area contributed by atoms with Crippen LogP contribution in [0.5, 0.6) is 0 Å². The first-order valence-corrected chi connectivity index (χ1v) is 17.2. The van der Waals surface area contributed by atoms with Crippen LogP contribution in [0.1, 0.15) is 86.5 Å². The first kappa shape index (κ1) is 38.2. The zero-order chi connectivity index (χ0) is 34.2. The number of esters is 1. The quantitative estimate of drug-likeness (QED) is 0.134. The number of likely N-dealkylation sites (tertiary alicyclic amines) is 1. The Morgan fingerprint density at radius 1 is 1.22 bits per heavy atom. The standard InChI is InChI=1S/C36H60N2O8/c1-9-29(40)26(5)34-31(44-34)22-36(6,43)18-10-11-24(3)33-25(4)13-15-30(23(2)12-14-28(39)21-32(41)46-33)45-35(42)38(8)27-16-19-37(7)20-17-27/h10-11,13,15,18,23,25-31,33-34,39-40,43H,9,12,14,16-17,19-22H2,1-8H3/b15-13+,18-10+,24-11+. The van der Waals surface area contributed by atoms with E-state index in [2.05, 4.69) is 11.9 Å². The number of hydrogen-bond acceptors (Lipinski definition) is 9. The molecule has 10 atom stereocenters. The second-order valence-corrected chi connectivity index (χ2v) is 14.4. The van der Waals surface area contributed by atoms with Crippen molar-refractivity contribution < 1.29 is 39.1 Å². The zero-order valence-corrected chi connectivity index (χ0v) is 29.3. The summed E-state index contributed by atoms with van der Waals surface area (Å²) in [4.78, 5) is 30.0. The van der Waals surface area contributed by atoms with E-state index in [9.17, 15) is 24.9 Å². The van der Waals surface area contributed by atoms with Crippen molar-refractivity contribution in [1.29, 1.82) is 0 Å². The van der Waals surface area contributed by atoms with Crippen LogP contribution in [0.3, 0.4) is 0 Å². The topological polar surface area (TPSA) is 132 Å². The van der Waals surface area contributed by atoms with E-state index >= 15 is 0 Å². The van der Waals surface area contributed by atoms with Gasteiger partial charge >= 0.3 is 12.1 Å². The summed E-state index contributed by atoms with van der Waals surface area (Å²) in [5, 5.41) is 31.7. The van der Waals surface area contributed by atoms with Crippen molar-refractivity contribution in [3.05, 3.63) is 36.0 Å². The fraction of sp³-hybridized carbons (Fsp3) is 0.778. The van der Waals surface area contributed by atoms with Gasteiger partial charge in [-0.25, -0.2) is 4.79 Å². The number of epoxide rings is 1. The van der Waals surface area contributed by atoms with Crippen molar-refractivity contribution in [2.75, 3.05) is 27.2 Å². The average molecular weight is 649 g/mol. The molecule has 0 radical (unpaired) electrons. The second kappa shape index (κ2) is 17.2. The number of cyclic esters (lactones) is 1. The Balaban J connectivity index is 1.71. The average Bonchev–Trinajstić information content (AvgIpc) is 3.76. The van der Waals surface area contributed by atoms with Crippen LogP contribution in [-0.4, -0.2) is 113 Å². The van der Waals surface area contributed by atoms with Crippen molar-refractivity contribution in [3.8, 4) is 0 Å². The van der Waals surface area contributed by atoms with Gasteiger partial charge in [0.25, 0.3) is 0 Å². The fourth-order valence-corrected chi connectivity index (χ4v) is 6.53. The van der Waals surface area contributed by atoms with Gasteiger partial charge in [-0.2, -0.15) is 0 Å². The van der Waals surface area contributed by atoms with Gasteiger partial charge in [-0.15, -0.1) is 0 Å². The summed E-state index contributed by atoms with van der Waals surface area (Å²) in [6.45, 7) is 13.3. The number of nitrogens with zero attached hydrogens (tertiary/aromatic N) is 2. The molecule has 3 aliphatic rings. The van der Waals surface area contributed by atoms with Crippen LogP contribution in [0.2, 0.25) is 0 Å². The Labute approximate surface area is 276 Å². The van der Waals surface area contributed by atoms with E-state index in [1.54, 1.807) is 31.0 Å². The van der Waals surface area contributed by atoms with Crippen LogP contribution in [-0.2, 0) is 19.0 Å². The summed E-state index contributed by atoms with van der Waals surface area (Å²) in [5.41, 5.74) is -0.354. The third-order valence-corrected chi connectivity index (χ3v) is 10.1. The molecule has 0 aliphatic carbocycles. The minimum atomic E-state index is -1.13. The molecule has 0 spiro atoms. The van der Waals surface area contributed by atoms with Gasteiger partial charge < -0.3 is 39.3 Å². The lowest BCUT2D eigenvalue weighted by Crippen LogP contribution is -2.45. The van der Waals surface area contributed by atoms with Crippen molar-refractivity contribution in [1.82, 2.24) is 9.80 Å². The van der Waals surface area contributed by atoms with Gasteiger partial charge in [0, 0.05) is 31.3 Å². The predicted molar refractivity (Wildman–Crippen MR) is 178 cm³/mol. The summed E-state index contributed by atoms with van der Waals surface area (Å²) in [6, 6.07) is 0.135. The fourth-order valence-electron chi connectivity index (χ4n) is 6.53. The van der Waals surface area contributed by atoms with Crippen molar-refractivity contribution in [2.24, 2.45) is 17.8 Å². The molecule has 46 heavy (non-hydrogen) atoms. The van der Waals surface area contributed by atoms with Gasteiger partial charge in [-0.1, -0.05) is 52.0 Å². The van der Waals surface area contributed by atoms with E-state index in [1.165, 1.54) is 0 Å². The molecule has 3 rings (SSSR count). The number of allylic oxidation sites excluding steroid dienone is 2. The third kappa shape index (κ3) is 11.5. The van der Waals surface area contributed by atoms with Gasteiger partial charge in [0.1, 0.15) is 12.2 Å². The maximum atomic E-state index is 13.2. The normalized spacial score (nSPS) is 34.0. The number of carbonyl (C=O) groups excluding carboxylic acids is 2. The maximum absolute atomic E-state index is 13.2. The minimum Gasteiger partial charge on any atom is -0.457 e. The lowest BCUT2D eigenvalue weighted by atomic mass is 9.91. The highest BCUT2D eigenvalue weighted by Gasteiger charge is 2.47. The molecule has 0 aromatic rings. The highest BCUT2D eigenvalue weighted by Crippen LogP contribution is 2.37. The molecule has 2 saturated heterocycles. The monoisotopic (exact) mass is 648 g/mol. The molecule has 3 heterocycles. The summed E-state index contributed by atoms with van der Waals surface area (Å²) in [6.07, 6.45) is 9.91. The molecular formula is C36H60N2O8. The number of aliphatic hydroxyl groups is 3. The molecule has 0 bridgehead atoms. The summed E-state index contributed by atoms with van der Waals surface area (Å²) in [7, 11) is 3.89. The van der Waals surface area contributed by atoms with E-state index in [0.29, 0.717) is 25.7 Å². The van der Waals surface area contributed by atoms with E-state index in [1.807, 2.05) is 52.8 Å². The molecule has 1 amide bonds. The van der Waals surface area contributed by atoms with Gasteiger partial charge in [-0.05, 0) is 83.7 Å². The van der Waals surface area contributed by atoms with Crippen molar-refractivity contribution >= 4 is 12.1 Å². The van der Waals surface area contributed by atoms with Crippen LogP contribution in [0.15, 0.2) is 36.0 Å². The first-order valence-electron chi connectivity index (χ1n) is 17.2. The predicted octanol–water partition coefficient (Wildman–Crippen LogP) is 4.62. The number of ether oxygens (including phenoxy) is 3. The zero-order valence-electron chi connectivity index (χ0n) is 29.3. The lowest BCUT2D eigenvalue weighted by molar-refractivity contribution is -0.151. The molecular weight excluding hydrogens is 588 g/mol. The van der Waals surface area contributed by atoms with E-state index in [-0.39, 0.29) is 48.5 Å². The van der Waals surface area contributed by atoms with Crippen LogP contribution >= 0.6 is 0 Å². The number of carbonyl (C=O) groups is 2. The maximum Gasteiger partial charge on any atom is 0.410 e. The summed E-state index contributed by atoms with van der Waals surface area (Å²) < 4.78 is 17.7. The van der Waals surface area contributed by atoms with E-state index in [0.717, 1.165) is 31.5 Å². The Morgan fingerprint density at radius 2 is 1.89 bits per heavy atom. The molecule has 0 saturated carbocycles. The molecule has 10 unspecified atom stereocenters. The van der Waals surface area contributed by atoms with Gasteiger partial charge in [0.2, 0.25) is 0 Å². The minimum absolute atomic E-state index is 0.00644. The Kier molecular flexibility index (Phi) is 14.3.